The molecule has 0 spiro atoms. The first-order valence-corrected chi connectivity index (χ1v) is 7.33. The lowest BCUT2D eigenvalue weighted by atomic mass is 9.95. The van der Waals surface area contributed by atoms with Gasteiger partial charge in [0.1, 0.15) is 5.75 Å². The number of piperazine rings is 1. The van der Waals surface area contributed by atoms with E-state index in [1.54, 1.807) is 6.07 Å². The molecule has 0 radical (unpaired) electrons. The van der Waals surface area contributed by atoms with Gasteiger partial charge in [-0.3, -0.25) is 4.90 Å². The summed E-state index contributed by atoms with van der Waals surface area (Å²) in [6.07, 6.45) is 0.467. The van der Waals surface area contributed by atoms with Crippen LogP contribution in [0.15, 0.2) is 36.4 Å². The molecule has 1 saturated heterocycles. The predicted molar refractivity (Wildman–Crippen MR) is 97.5 cm³/mol. The molecule has 124 valence electrons. The Morgan fingerprint density at radius 3 is 2.39 bits per heavy atom. The predicted octanol–water partition coefficient (Wildman–Crippen LogP) is 3.25. The van der Waals surface area contributed by atoms with Crippen LogP contribution in [0.5, 0.6) is 5.75 Å². The van der Waals surface area contributed by atoms with Crippen LogP contribution >= 0.6 is 24.8 Å². The molecule has 0 saturated carbocycles. The Morgan fingerprint density at radius 2 is 1.74 bits per heavy atom. The average Bonchev–Trinajstić information content (AvgIpc) is 2.55. The second kappa shape index (κ2) is 8.95. The van der Waals surface area contributed by atoms with E-state index in [4.69, 9.17) is 0 Å². The third-order valence-electron chi connectivity index (χ3n) is 4.17. The fourth-order valence-electron chi connectivity index (χ4n) is 3.11. The van der Waals surface area contributed by atoms with Gasteiger partial charge in [-0.2, -0.15) is 5.26 Å². The Kier molecular flexibility index (Phi) is 7.60. The Hall–Kier alpha value is -1.51. The smallest absolute Gasteiger partial charge is 0.123 e. The molecule has 1 atom stereocenters. The third-order valence-corrected chi connectivity index (χ3v) is 4.17. The van der Waals surface area contributed by atoms with Gasteiger partial charge in [0.05, 0.1) is 12.5 Å². The van der Waals surface area contributed by atoms with Crippen molar-refractivity contribution in [3.05, 3.63) is 42.0 Å². The number of nitrogens with zero attached hydrogens (tertiary/aromatic N) is 2. The fraction of sp³-hybridized carbons (Fsp3) is 0.353. The van der Waals surface area contributed by atoms with Crippen molar-refractivity contribution >= 4 is 35.6 Å². The van der Waals surface area contributed by atoms with E-state index in [2.05, 4.69) is 16.3 Å². The molecule has 6 heteroatoms. The summed E-state index contributed by atoms with van der Waals surface area (Å²) in [4.78, 5) is 2.36. The zero-order valence-electron chi connectivity index (χ0n) is 12.7. The van der Waals surface area contributed by atoms with Crippen molar-refractivity contribution < 1.29 is 5.11 Å². The van der Waals surface area contributed by atoms with Crippen molar-refractivity contribution in [1.29, 1.82) is 5.26 Å². The van der Waals surface area contributed by atoms with E-state index in [0.29, 0.717) is 12.2 Å². The van der Waals surface area contributed by atoms with E-state index >= 15 is 0 Å². The minimum atomic E-state index is 0. The highest BCUT2D eigenvalue weighted by Gasteiger charge is 2.23. The molecule has 1 aliphatic heterocycles. The minimum Gasteiger partial charge on any atom is -0.507 e. The minimum absolute atomic E-state index is 0. The summed E-state index contributed by atoms with van der Waals surface area (Å²) in [5, 5.41) is 24.5. The zero-order chi connectivity index (χ0) is 14.7. The van der Waals surface area contributed by atoms with Gasteiger partial charge in [-0.05, 0) is 17.0 Å². The first kappa shape index (κ1) is 19.5. The van der Waals surface area contributed by atoms with Crippen molar-refractivity contribution in [3.63, 3.8) is 0 Å². The monoisotopic (exact) mass is 353 g/mol. The summed E-state index contributed by atoms with van der Waals surface area (Å²) in [6, 6.07) is 14.0. The summed E-state index contributed by atoms with van der Waals surface area (Å²) in [7, 11) is 0. The maximum atomic E-state index is 10.0. The van der Waals surface area contributed by atoms with Gasteiger partial charge in [-0.15, -0.1) is 24.8 Å². The van der Waals surface area contributed by atoms with Crippen LogP contribution in [-0.4, -0.2) is 36.2 Å². The molecule has 1 fully saturated rings. The van der Waals surface area contributed by atoms with Crippen molar-refractivity contribution in [2.75, 3.05) is 26.2 Å². The standard InChI is InChI=1S/C17H19N3O.2ClH/c18-8-7-16(20-11-9-19-10-12-20)14-5-6-17(21)15-4-2-1-3-13(14)15;;/h1-6,16,19,21H,7,9-12H2;2*1H/t16-;;/m1../s1. The van der Waals surface area contributed by atoms with Gasteiger partial charge in [0.25, 0.3) is 0 Å². The first-order chi connectivity index (χ1) is 10.3. The van der Waals surface area contributed by atoms with E-state index in [9.17, 15) is 10.4 Å². The highest BCUT2D eigenvalue weighted by atomic mass is 35.5. The van der Waals surface area contributed by atoms with Crippen LogP contribution in [0.3, 0.4) is 0 Å². The Balaban J connectivity index is 0.00000132. The summed E-state index contributed by atoms with van der Waals surface area (Å²) in [5.74, 6) is 0.297. The van der Waals surface area contributed by atoms with Crippen LogP contribution in [0.2, 0.25) is 0 Å². The lowest BCUT2D eigenvalue weighted by Crippen LogP contribution is -2.45. The summed E-state index contributed by atoms with van der Waals surface area (Å²) in [5.41, 5.74) is 1.13. The number of hydrogen-bond acceptors (Lipinski definition) is 4. The number of phenolic OH excluding ortho intramolecular Hbond substituents is 1. The van der Waals surface area contributed by atoms with Gasteiger partial charge in [-0.25, -0.2) is 0 Å². The van der Waals surface area contributed by atoms with Crippen LogP contribution < -0.4 is 5.32 Å². The lowest BCUT2D eigenvalue weighted by Gasteiger charge is -2.34. The molecule has 0 aromatic heterocycles. The van der Waals surface area contributed by atoms with Gasteiger partial charge >= 0.3 is 0 Å². The van der Waals surface area contributed by atoms with E-state index in [-0.39, 0.29) is 30.9 Å². The molecule has 23 heavy (non-hydrogen) atoms. The number of phenols is 1. The van der Waals surface area contributed by atoms with Crippen molar-refractivity contribution in [1.82, 2.24) is 10.2 Å². The van der Waals surface area contributed by atoms with E-state index in [0.717, 1.165) is 42.5 Å². The molecule has 4 nitrogen and oxygen atoms in total. The lowest BCUT2D eigenvalue weighted by molar-refractivity contribution is 0.176. The van der Waals surface area contributed by atoms with Gasteiger partial charge < -0.3 is 10.4 Å². The van der Waals surface area contributed by atoms with Gasteiger partial charge in [0.15, 0.2) is 0 Å². The number of nitrogens with one attached hydrogen (secondary N) is 1. The molecule has 2 N–H and O–H groups in total. The maximum absolute atomic E-state index is 10.0. The second-order valence-electron chi connectivity index (χ2n) is 5.38. The summed E-state index contributed by atoms with van der Waals surface area (Å²) in [6.45, 7) is 3.80. The molecule has 1 heterocycles. The molecule has 0 aliphatic carbocycles. The number of fused-ring (bicyclic) bond motifs is 1. The SMILES string of the molecule is Cl.Cl.N#CC[C@H](c1ccc(O)c2ccccc12)N1CCNCC1. The number of hydrogen-bond donors (Lipinski definition) is 2. The quantitative estimate of drug-likeness (QED) is 0.888. The van der Waals surface area contributed by atoms with Crippen LogP contribution in [0.4, 0.5) is 0 Å². The number of aromatic hydroxyl groups is 1. The fourth-order valence-corrected chi connectivity index (χ4v) is 3.11. The number of rotatable bonds is 3. The van der Waals surface area contributed by atoms with Gasteiger partial charge in [0.2, 0.25) is 0 Å². The van der Waals surface area contributed by atoms with Crippen LogP contribution in [0, 0.1) is 11.3 Å². The normalized spacial score (nSPS) is 16.0. The zero-order valence-corrected chi connectivity index (χ0v) is 14.4. The van der Waals surface area contributed by atoms with Gasteiger partial charge in [0, 0.05) is 37.6 Å². The molecular weight excluding hydrogens is 333 g/mol. The molecule has 3 rings (SSSR count). The molecular formula is C17H21Cl2N3O. The molecule has 2 aromatic carbocycles. The van der Waals surface area contributed by atoms with E-state index < -0.39 is 0 Å². The Labute approximate surface area is 148 Å². The summed E-state index contributed by atoms with van der Waals surface area (Å²) >= 11 is 0. The van der Waals surface area contributed by atoms with E-state index in [1.807, 2.05) is 30.3 Å². The Morgan fingerprint density at radius 1 is 1.09 bits per heavy atom. The molecule has 0 unspecified atom stereocenters. The number of benzene rings is 2. The van der Waals surface area contributed by atoms with Crippen molar-refractivity contribution in [2.24, 2.45) is 0 Å². The van der Waals surface area contributed by atoms with E-state index in [1.165, 1.54) is 0 Å². The van der Waals surface area contributed by atoms with Crippen LogP contribution in [0.1, 0.15) is 18.0 Å². The highest BCUT2D eigenvalue weighted by Crippen LogP contribution is 2.34. The third kappa shape index (κ3) is 4.07. The number of halogens is 2. The maximum Gasteiger partial charge on any atom is 0.123 e. The average molecular weight is 354 g/mol. The van der Waals surface area contributed by atoms with Crippen molar-refractivity contribution in [3.8, 4) is 11.8 Å². The highest BCUT2D eigenvalue weighted by molar-refractivity contribution is 5.91. The Bertz CT molecular complexity index is 681. The molecule has 1 aliphatic rings. The number of nitriles is 1. The summed E-state index contributed by atoms with van der Waals surface area (Å²) < 4.78 is 0. The van der Waals surface area contributed by atoms with Crippen molar-refractivity contribution in [2.45, 2.75) is 12.5 Å². The molecule has 0 bridgehead atoms. The van der Waals surface area contributed by atoms with Gasteiger partial charge in [-0.1, -0.05) is 30.3 Å². The van der Waals surface area contributed by atoms with Crippen LogP contribution in [-0.2, 0) is 0 Å². The molecule has 0 amide bonds. The van der Waals surface area contributed by atoms with Crippen LogP contribution in [0.25, 0.3) is 10.8 Å². The first-order valence-electron chi connectivity index (χ1n) is 7.33. The topological polar surface area (TPSA) is 59.3 Å². The second-order valence-corrected chi connectivity index (χ2v) is 5.38. The largest absolute Gasteiger partial charge is 0.507 e. The molecule has 2 aromatic rings.